The van der Waals surface area contributed by atoms with Crippen molar-refractivity contribution in [2.45, 2.75) is 0 Å². The molecule has 4 nitrogen and oxygen atoms in total. The molecule has 0 atom stereocenters. The first-order valence-corrected chi connectivity index (χ1v) is 5.90. The molecule has 1 aromatic carbocycles. The lowest BCUT2D eigenvalue weighted by Gasteiger charge is -2.22. The summed E-state index contributed by atoms with van der Waals surface area (Å²) in [7, 11) is 1.37. The first-order chi connectivity index (χ1) is 8.90. The lowest BCUT2D eigenvalue weighted by Crippen LogP contribution is -2.35. The summed E-state index contributed by atoms with van der Waals surface area (Å²) in [6.45, 7) is -0.604. The molecule has 0 unspecified atom stereocenters. The molecule has 0 fully saturated rings. The average Bonchev–Trinajstić information content (AvgIpc) is 2.39. The van der Waals surface area contributed by atoms with Crippen LogP contribution in [-0.2, 0) is 0 Å². The predicted octanol–water partition coefficient (Wildman–Crippen LogP) is 1.29. The minimum atomic E-state index is -0.923. The smallest absolute Gasteiger partial charge is 0.256 e. The van der Waals surface area contributed by atoms with E-state index in [0.717, 1.165) is 17.0 Å². The first kappa shape index (κ1) is 15.8. The number of aliphatic hydroxyl groups is 2. The summed E-state index contributed by atoms with van der Waals surface area (Å²) >= 11 is 5.39. The fourth-order valence-electron chi connectivity index (χ4n) is 1.54. The zero-order chi connectivity index (χ0) is 14.6. The van der Waals surface area contributed by atoms with Crippen LogP contribution in [0.4, 0.5) is 8.78 Å². The van der Waals surface area contributed by atoms with Gasteiger partial charge < -0.3 is 15.1 Å². The highest BCUT2D eigenvalue weighted by atomic mass is 35.5. The number of halogens is 3. The van der Waals surface area contributed by atoms with Crippen LogP contribution in [0, 0.1) is 17.6 Å². The van der Waals surface area contributed by atoms with Crippen LogP contribution in [0.5, 0.6) is 0 Å². The molecule has 1 rings (SSSR count). The van der Waals surface area contributed by atoms with Crippen molar-refractivity contribution in [2.75, 3.05) is 26.8 Å². The van der Waals surface area contributed by atoms with Crippen molar-refractivity contribution >= 4 is 17.5 Å². The van der Waals surface area contributed by atoms with Gasteiger partial charge in [0.1, 0.15) is 11.6 Å². The highest BCUT2D eigenvalue weighted by Gasteiger charge is 2.21. The lowest BCUT2D eigenvalue weighted by atomic mass is 10.1. The van der Waals surface area contributed by atoms with Crippen molar-refractivity contribution in [3.63, 3.8) is 0 Å². The van der Waals surface area contributed by atoms with E-state index in [9.17, 15) is 13.6 Å². The van der Waals surface area contributed by atoms with Crippen LogP contribution in [0.15, 0.2) is 12.1 Å². The maximum Gasteiger partial charge on any atom is 0.256 e. The second kappa shape index (κ2) is 6.79. The van der Waals surface area contributed by atoms with E-state index in [0.29, 0.717) is 0 Å². The van der Waals surface area contributed by atoms with Gasteiger partial charge in [-0.15, -0.1) is 0 Å². The van der Waals surface area contributed by atoms with Gasteiger partial charge in [0.15, 0.2) is 0 Å². The minimum Gasteiger partial charge on any atom is -0.396 e. The quantitative estimate of drug-likeness (QED) is 0.804. The van der Waals surface area contributed by atoms with E-state index in [1.165, 1.54) is 7.05 Å². The summed E-state index contributed by atoms with van der Waals surface area (Å²) in [5.74, 6) is -3.09. The molecule has 0 bridgehead atoms. The monoisotopic (exact) mass is 293 g/mol. The fourth-order valence-corrected chi connectivity index (χ4v) is 1.69. The molecule has 2 N–H and O–H groups in total. The van der Waals surface area contributed by atoms with Gasteiger partial charge in [0.2, 0.25) is 0 Å². The number of hydrogen-bond acceptors (Lipinski definition) is 3. The minimum absolute atomic E-state index is 0.0233. The van der Waals surface area contributed by atoms with E-state index in [4.69, 9.17) is 21.8 Å². The molecule has 7 heteroatoms. The van der Waals surface area contributed by atoms with Crippen molar-refractivity contribution in [3.8, 4) is 0 Å². The number of hydrogen-bond donors (Lipinski definition) is 2. The Balaban J connectivity index is 2.91. The van der Waals surface area contributed by atoms with Crippen LogP contribution in [0.25, 0.3) is 0 Å². The zero-order valence-corrected chi connectivity index (χ0v) is 11.0. The van der Waals surface area contributed by atoms with Crippen LogP contribution in [0.3, 0.4) is 0 Å². The Bertz CT molecular complexity index is 467. The molecule has 0 saturated heterocycles. The zero-order valence-electron chi connectivity index (χ0n) is 10.2. The van der Waals surface area contributed by atoms with Gasteiger partial charge in [0.05, 0.1) is 10.6 Å². The number of nitrogens with zero attached hydrogens (tertiary/aromatic N) is 1. The van der Waals surface area contributed by atoms with Crippen molar-refractivity contribution < 1.29 is 23.8 Å². The van der Waals surface area contributed by atoms with Crippen molar-refractivity contribution in [2.24, 2.45) is 5.92 Å². The standard InChI is InChI=1S/C12H14ClF2NO3/c1-16(4-7(5-17)6-18)12(19)8-2-11(15)9(13)3-10(8)14/h2-3,7,17-18H,4-6H2,1H3. The molecule has 106 valence electrons. The molecule has 1 aromatic rings. The summed E-state index contributed by atoms with van der Waals surface area (Å²) < 4.78 is 26.8. The van der Waals surface area contributed by atoms with Crippen LogP contribution in [0.1, 0.15) is 10.4 Å². The third-order valence-corrected chi connectivity index (χ3v) is 2.93. The number of benzene rings is 1. The van der Waals surface area contributed by atoms with Crippen LogP contribution in [-0.4, -0.2) is 47.8 Å². The second-order valence-corrected chi connectivity index (χ2v) is 4.57. The lowest BCUT2D eigenvalue weighted by molar-refractivity contribution is 0.0695. The second-order valence-electron chi connectivity index (χ2n) is 4.16. The summed E-state index contributed by atoms with van der Waals surface area (Å²) in [5.41, 5.74) is -0.445. The maximum atomic E-state index is 13.5. The number of carbonyl (C=O) groups is 1. The fraction of sp³-hybridized carbons (Fsp3) is 0.417. The van der Waals surface area contributed by atoms with Gasteiger partial charge in [-0.1, -0.05) is 11.6 Å². The summed E-state index contributed by atoms with van der Waals surface area (Å²) in [6, 6.07) is 1.46. The predicted molar refractivity (Wildman–Crippen MR) is 66.0 cm³/mol. The molecule has 19 heavy (non-hydrogen) atoms. The Morgan fingerprint density at radius 3 is 2.42 bits per heavy atom. The summed E-state index contributed by atoms with van der Waals surface area (Å²) in [4.78, 5) is 13.0. The molecule has 1 amide bonds. The molecule has 0 aliphatic heterocycles. The van der Waals surface area contributed by atoms with Crippen LogP contribution >= 0.6 is 11.6 Å². The van der Waals surface area contributed by atoms with E-state index < -0.39 is 34.0 Å². The molecule has 0 saturated carbocycles. The van der Waals surface area contributed by atoms with E-state index in [1.54, 1.807) is 0 Å². The summed E-state index contributed by atoms with van der Waals surface area (Å²) in [5, 5.41) is 17.4. The van der Waals surface area contributed by atoms with Gasteiger partial charge >= 0.3 is 0 Å². The highest BCUT2D eigenvalue weighted by Crippen LogP contribution is 2.20. The SMILES string of the molecule is CN(CC(CO)CO)C(=O)c1cc(F)c(Cl)cc1F. The van der Waals surface area contributed by atoms with E-state index in [1.807, 2.05) is 0 Å². The number of carbonyl (C=O) groups excluding carboxylic acids is 1. The average molecular weight is 294 g/mol. The maximum absolute atomic E-state index is 13.5. The van der Waals surface area contributed by atoms with Crippen LogP contribution in [0.2, 0.25) is 5.02 Å². The van der Waals surface area contributed by atoms with Crippen molar-refractivity contribution in [1.82, 2.24) is 4.90 Å². The van der Waals surface area contributed by atoms with Crippen LogP contribution < -0.4 is 0 Å². The highest BCUT2D eigenvalue weighted by molar-refractivity contribution is 6.30. The Morgan fingerprint density at radius 1 is 1.32 bits per heavy atom. The molecule has 0 radical (unpaired) electrons. The third-order valence-electron chi connectivity index (χ3n) is 2.64. The largest absolute Gasteiger partial charge is 0.396 e. The van der Waals surface area contributed by atoms with Gasteiger partial charge in [-0.3, -0.25) is 4.79 Å². The molecule has 0 spiro atoms. The molecule has 0 heterocycles. The topological polar surface area (TPSA) is 60.8 Å². The van der Waals surface area contributed by atoms with E-state index in [2.05, 4.69) is 0 Å². The third kappa shape index (κ3) is 3.86. The molecular weight excluding hydrogens is 280 g/mol. The molecule has 0 aliphatic carbocycles. The number of rotatable bonds is 5. The summed E-state index contributed by atoms with van der Waals surface area (Å²) in [6.07, 6.45) is 0. The Morgan fingerprint density at radius 2 is 1.89 bits per heavy atom. The molecular formula is C12H14ClF2NO3. The molecule has 0 aromatic heterocycles. The van der Waals surface area contributed by atoms with Crippen molar-refractivity contribution in [3.05, 3.63) is 34.4 Å². The number of aliphatic hydroxyl groups excluding tert-OH is 2. The van der Waals surface area contributed by atoms with E-state index in [-0.39, 0.29) is 19.8 Å². The van der Waals surface area contributed by atoms with Gasteiger partial charge in [-0.25, -0.2) is 8.78 Å². The van der Waals surface area contributed by atoms with Gasteiger partial charge in [0.25, 0.3) is 5.91 Å². The van der Waals surface area contributed by atoms with Gasteiger partial charge in [0, 0.05) is 32.7 Å². The first-order valence-electron chi connectivity index (χ1n) is 5.52. The van der Waals surface area contributed by atoms with Crippen molar-refractivity contribution in [1.29, 1.82) is 0 Å². The normalized spacial score (nSPS) is 10.9. The number of amides is 1. The van der Waals surface area contributed by atoms with Gasteiger partial charge in [-0.2, -0.15) is 0 Å². The van der Waals surface area contributed by atoms with Gasteiger partial charge in [-0.05, 0) is 12.1 Å². The van der Waals surface area contributed by atoms with E-state index >= 15 is 0 Å². The Kier molecular flexibility index (Phi) is 5.65. The molecule has 0 aliphatic rings. The Hall–Kier alpha value is -1.24. The Labute approximate surface area is 114 Å².